The van der Waals surface area contributed by atoms with E-state index in [0.717, 1.165) is 37.4 Å². The highest BCUT2D eigenvalue weighted by Gasteiger charge is 2.47. The van der Waals surface area contributed by atoms with Crippen LogP contribution in [0.25, 0.3) is 0 Å². The molecular weight excluding hydrogens is 272 g/mol. The van der Waals surface area contributed by atoms with E-state index in [9.17, 15) is 0 Å². The molecule has 120 valence electrons. The second-order valence-electron chi connectivity index (χ2n) is 7.25. The Labute approximate surface area is 134 Å². The summed E-state index contributed by atoms with van der Waals surface area (Å²) < 4.78 is 5.41. The molecule has 2 bridgehead atoms. The fraction of sp³-hybridized carbons (Fsp3) is 0.632. The lowest BCUT2D eigenvalue weighted by Crippen LogP contribution is -2.60. The highest BCUT2D eigenvalue weighted by molar-refractivity contribution is 5.99. The van der Waals surface area contributed by atoms with Crippen LogP contribution < -0.4 is 4.74 Å². The molecule has 0 saturated carbocycles. The molecule has 1 fully saturated rings. The lowest BCUT2D eigenvalue weighted by Gasteiger charge is -2.51. The van der Waals surface area contributed by atoms with E-state index in [2.05, 4.69) is 43.9 Å². The van der Waals surface area contributed by atoms with Crippen LogP contribution in [0.1, 0.15) is 44.7 Å². The standard InChI is InChI=1S/C19H28N2O/c1-5-13(2)12-21-9-8-19(3)16-11-15(22-4)7-6-14(16)10-17(21)18(19)20/h6-7,11,13,17,20H,5,8-10,12H2,1-4H3. The van der Waals surface area contributed by atoms with Gasteiger partial charge in [0, 0.05) is 24.2 Å². The van der Waals surface area contributed by atoms with Crippen LogP contribution in [0.2, 0.25) is 0 Å². The zero-order valence-corrected chi connectivity index (χ0v) is 14.3. The van der Waals surface area contributed by atoms with Gasteiger partial charge < -0.3 is 10.1 Å². The van der Waals surface area contributed by atoms with Crippen LogP contribution in [0.15, 0.2) is 18.2 Å². The summed E-state index contributed by atoms with van der Waals surface area (Å²) in [5.74, 6) is 1.61. The molecule has 1 saturated heterocycles. The molecule has 3 atom stereocenters. The Hall–Kier alpha value is -1.35. The number of methoxy groups -OCH3 is 1. The van der Waals surface area contributed by atoms with Gasteiger partial charge in [-0.25, -0.2) is 0 Å². The second-order valence-corrected chi connectivity index (χ2v) is 7.25. The maximum atomic E-state index is 8.81. The van der Waals surface area contributed by atoms with Gasteiger partial charge in [-0.3, -0.25) is 4.90 Å². The molecule has 3 heteroatoms. The van der Waals surface area contributed by atoms with Crippen molar-refractivity contribution < 1.29 is 4.74 Å². The lowest BCUT2D eigenvalue weighted by atomic mass is 9.63. The molecule has 0 spiro atoms. The number of nitrogens with zero attached hydrogens (tertiary/aromatic N) is 1. The first kappa shape index (κ1) is 15.5. The van der Waals surface area contributed by atoms with E-state index < -0.39 is 0 Å². The second kappa shape index (κ2) is 5.69. The zero-order chi connectivity index (χ0) is 15.9. The first-order chi connectivity index (χ1) is 10.5. The maximum Gasteiger partial charge on any atom is 0.119 e. The predicted octanol–water partition coefficient (Wildman–Crippen LogP) is 3.65. The molecule has 3 nitrogen and oxygen atoms in total. The van der Waals surface area contributed by atoms with Crippen LogP contribution in [-0.2, 0) is 11.8 Å². The van der Waals surface area contributed by atoms with Crippen molar-refractivity contribution in [3.63, 3.8) is 0 Å². The van der Waals surface area contributed by atoms with Gasteiger partial charge in [0.1, 0.15) is 5.75 Å². The van der Waals surface area contributed by atoms with Crippen LogP contribution in [0.3, 0.4) is 0 Å². The molecule has 3 unspecified atom stereocenters. The van der Waals surface area contributed by atoms with Crippen LogP contribution >= 0.6 is 0 Å². The minimum Gasteiger partial charge on any atom is -0.497 e. The minimum atomic E-state index is -0.112. The fourth-order valence-electron chi connectivity index (χ4n) is 4.05. The Bertz CT molecular complexity index is 583. The number of fused-ring (bicyclic) bond motifs is 4. The van der Waals surface area contributed by atoms with E-state index >= 15 is 0 Å². The number of ether oxygens (including phenoxy) is 1. The maximum absolute atomic E-state index is 8.81. The molecule has 3 rings (SSSR count). The third-order valence-electron chi connectivity index (χ3n) is 5.84. The number of rotatable bonds is 4. The van der Waals surface area contributed by atoms with Gasteiger partial charge in [0.15, 0.2) is 0 Å². The van der Waals surface area contributed by atoms with Crippen molar-refractivity contribution in [3.8, 4) is 5.75 Å². The van der Waals surface area contributed by atoms with E-state index in [4.69, 9.17) is 10.1 Å². The highest BCUT2D eigenvalue weighted by atomic mass is 16.5. The van der Waals surface area contributed by atoms with Gasteiger partial charge >= 0.3 is 0 Å². The van der Waals surface area contributed by atoms with Gasteiger partial charge in [-0.15, -0.1) is 0 Å². The third kappa shape index (κ3) is 2.36. The van der Waals surface area contributed by atoms with Crippen molar-refractivity contribution in [1.82, 2.24) is 4.90 Å². The molecule has 0 radical (unpaired) electrons. The van der Waals surface area contributed by atoms with Gasteiger partial charge in [0.05, 0.1) is 13.2 Å². The molecule has 1 aromatic carbocycles. The van der Waals surface area contributed by atoms with Crippen molar-refractivity contribution in [3.05, 3.63) is 29.3 Å². The predicted molar refractivity (Wildman–Crippen MR) is 91.2 cm³/mol. The molecule has 1 heterocycles. The summed E-state index contributed by atoms with van der Waals surface area (Å²) in [7, 11) is 1.72. The number of hydrogen-bond acceptors (Lipinski definition) is 3. The third-order valence-corrected chi connectivity index (χ3v) is 5.84. The summed E-state index contributed by atoms with van der Waals surface area (Å²) in [6.07, 6.45) is 3.23. The number of nitrogens with one attached hydrogen (secondary N) is 1. The van der Waals surface area contributed by atoms with Crippen LogP contribution in [-0.4, -0.2) is 36.9 Å². The average Bonchev–Trinajstić information content (AvgIpc) is 2.53. The smallest absolute Gasteiger partial charge is 0.119 e. The molecule has 1 N–H and O–H groups in total. The summed E-state index contributed by atoms with van der Waals surface area (Å²) in [5.41, 5.74) is 3.51. The first-order valence-electron chi connectivity index (χ1n) is 8.50. The summed E-state index contributed by atoms with van der Waals surface area (Å²) >= 11 is 0. The first-order valence-corrected chi connectivity index (χ1v) is 8.50. The normalized spacial score (nSPS) is 29.1. The quantitative estimate of drug-likeness (QED) is 0.921. The highest BCUT2D eigenvalue weighted by Crippen LogP contribution is 2.43. The summed E-state index contributed by atoms with van der Waals surface area (Å²) in [5, 5.41) is 8.81. The molecule has 22 heavy (non-hydrogen) atoms. The Kier molecular flexibility index (Phi) is 4.02. The SMILES string of the molecule is CCC(C)CN1CCC2(C)C(=N)C1Cc1ccc(OC)cc12. The molecule has 1 aromatic rings. The monoisotopic (exact) mass is 300 g/mol. The van der Waals surface area contributed by atoms with Crippen molar-refractivity contribution in [2.24, 2.45) is 5.92 Å². The number of likely N-dealkylation sites (tertiary alicyclic amines) is 1. The van der Waals surface area contributed by atoms with E-state index in [-0.39, 0.29) is 11.5 Å². The Morgan fingerprint density at radius 2 is 2.23 bits per heavy atom. The molecule has 1 aliphatic heterocycles. The van der Waals surface area contributed by atoms with E-state index in [1.54, 1.807) is 7.11 Å². The van der Waals surface area contributed by atoms with Crippen molar-refractivity contribution in [2.75, 3.05) is 20.2 Å². The summed E-state index contributed by atoms with van der Waals surface area (Å²) in [6, 6.07) is 6.71. The number of benzene rings is 1. The zero-order valence-electron chi connectivity index (χ0n) is 14.3. The lowest BCUT2D eigenvalue weighted by molar-refractivity contribution is 0.160. The van der Waals surface area contributed by atoms with Gasteiger partial charge in [-0.1, -0.05) is 33.3 Å². The van der Waals surface area contributed by atoms with Gasteiger partial charge in [-0.05, 0) is 42.0 Å². The van der Waals surface area contributed by atoms with Crippen molar-refractivity contribution in [2.45, 2.75) is 51.5 Å². The summed E-state index contributed by atoms with van der Waals surface area (Å²) in [4.78, 5) is 2.55. The topological polar surface area (TPSA) is 36.3 Å². The summed E-state index contributed by atoms with van der Waals surface area (Å²) in [6.45, 7) is 9.04. The van der Waals surface area contributed by atoms with Crippen LogP contribution in [0.4, 0.5) is 0 Å². The Morgan fingerprint density at radius 3 is 2.91 bits per heavy atom. The Balaban J connectivity index is 1.95. The van der Waals surface area contributed by atoms with E-state index in [1.165, 1.54) is 17.5 Å². The Morgan fingerprint density at radius 1 is 1.45 bits per heavy atom. The average molecular weight is 300 g/mol. The molecule has 0 amide bonds. The van der Waals surface area contributed by atoms with E-state index in [1.807, 2.05) is 0 Å². The molecule has 0 aromatic heterocycles. The van der Waals surface area contributed by atoms with Crippen LogP contribution in [0.5, 0.6) is 5.75 Å². The molecular formula is C19H28N2O. The largest absolute Gasteiger partial charge is 0.497 e. The van der Waals surface area contributed by atoms with Gasteiger partial charge in [-0.2, -0.15) is 0 Å². The van der Waals surface area contributed by atoms with Gasteiger partial charge in [0.25, 0.3) is 0 Å². The van der Waals surface area contributed by atoms with Crippen LogP contribution in [0, 0.1) is 11.3 Å². The number of hydrogen-bond donors (Lipinski definition) is 1. The van der Waals surface area contributed by atoms with Gasteiger partial charge in [0.2, 0.25) is 0 Å². The van der Waals surface area contributed by atoms with Crippen molar-refractivity contribution in [1.29, 1.82) is 5.41 Å². The number of piperidine rings is 1. The minimum absolute atomic E-state index is 0.112. The molecule has 2 aliphatic rings. The van der Waals surface area contributed by atoms with E-state index in [0.29, 0.717) is 5.92 Å². The fourth-order valence-corrected chi connectivity index (χ4v) is 4.05. The molecule has 1 aliphatic carbocycles. The van der Waals surface area contributed by atoms with Crippen molar-refractivity contribution >= 4 is 5.71 Å².